The highest BCUT2D eigenvalue weighted by atomic mass is 79.9. The van der Waals surface area contributed by atoms with Crippen LogP contribution >= 0.6 is 43.5 Å². The van der Waals surface area contributed by atoms with E-state index in [1.807, 2.05) is 13.0 Å². The number of unbranched alkanes of at least 4 members (excludes halogenated alkanes) is 1. The number of amides is 7. The van der Waals surface area contributed by atoms with Crippen molar-refractivity contribution in [1.29, 1.82) is 0 Å². The zero-order valence-electron chi connectivity index (χ0n) is 52.1. The summed E-state index contributed by atoms with van der Waals surface area (Å²) in [5.41, 5.74) is 4.01. The van der Waals surface area contributed by atoms with Crippen molar-refractivity contribution in [2.45, 2.75) is 153 Å². The molecule has 0 radical (unpaired) electrons. The number of ether oxygens (including phenoxy) is 7. The maximum absolute atomic E-state index is 14.6. The third kappa shape index (κ3) is 19.6. The standard InChI is InChI=1S/C61H85Br2ClN8O17/c1-33(2)51(67-40(32-73)17-12-13-23-86-57(79)38(30-62)31-63)54(76)69-42(18-15-22-66-58(65)80)53(75)68-39-20-21-41(44(27-39)83-9)55(77)71(7)36(5)56(78)88-48-28-49(74)72(8)43-25-37(26-45(84-10)50(43)64)24-34(3)16-14-19-47(85-11)61(82)29-46(87-59(81)70-61)35(4)52-60(48,6)89-52/h14,16,19-21,25-27,32-33,35-36,38,40,42,46-48,51-52,67,82H,12-13,15,17-18,22-24,28-31H2,1-11H3,(H,68,75)(H,69,76)(H,70,81)(H3,65,66,80)/b19-14+,34-16+/t35-,36+,40?,42+,46+,47-,48+,51+,52+,60+,61+/m1/s1. The number of aldehydes is 1. The molecule has 0 saturated carbocycles. The Kier molecular flexibility index (Phi) is 27.7. The molecule has 0 spiro atoms. The highest BCUT2D eigenvalue weighted by Crippen LogP contribution is 2.49. The van der Waals surface area contributed by atoms with Crippen molar-refractivity contribution in [3.63, 3.8) is 0 Å². The van der Waals surface area contributed by atoms with Crippen molar-refractivity contribution < 1.29 is 81.4 Å². The summed E-state index contributed by atoms with van der Waals surface area (Å²) in [5, 5.41) is 26.6. The number of alkyl carbamates (subject to hydrolysis) is 1. The molecule has 0 aliphatic carbocycles. The van der Waals surface area contributed by atoms with E-state index in [2.05, 4.69) is 58.4 Å². The molecule has 7 amide bonds. The van der Waals surface area contributed by atoms with Gasteiger partial charge in [0.05, 0.1) is 62.6 Å². The van der Waals surface area contributed by atoms with Gasteiger partial charge in [-0.25, -0.2) is 14.4 Å². The van der Waals surface area contributed by atoms with Crippen LogP contribution in [0.3, 0.4) is 0 Å². The summed E-state index contributed by atoms with van der Waals surface area (Å²) in [5.74, 6) is -4.81. The first kappa shape index (κ1) is 73.4. The number of rotatable bonds is 27. The fourth-order valence-corrected chi connectivity index (χ4v) is 12.4. The maximum atomic E-state index is 14.6. The monoisotopic (exact) mass is 1390 g/mol. The van der Waals surface area contributed by atoms with Gasteiger partial charge in [-0.05, 0) is 95.0 Å². The molecule has 3 heterocycles. The minimum Gasteiger partial charge on any atom is -0.496 e. The Morgan fingerprint density at radius 2 is 1.69 bits per heavy atom. The van der Waals surface area contributed by atoms with Crippen molar-refractivity contribution in [3.05, 3.63) is 70.3 Å². The zero-order valence-corrected chi connectivity index (χ0v) is 56.0. The van der Waals surface area contributed by atoms with Gasteiger partial charge in [-0.2, -0.15) is 0 Å². The quantitative estimate of drug-likeness (QED) is 0.0134. The number of urea groups is 1. The van der Waals surface area contributed by atoms with Crippen molar-refractivity contribution in [1.82, 2.24) is 26.2 Å². The number of primary amides is 1. The second-order valence-electron chi connectivity index (χ2n) is 23.0. The van der Waals surface area contributed by atoms with Gasteiger partial charge in [-0.15, -0.1) is 0 Å². The smallest absolute Gasteiger partial charge is 0.409 e. The number of hydrogen-bond acceptors (Lipinski definition) is 18. The number of methoxy groups -OCH3 is 3. The van der Waals surface area contributed by atoms with Crippen LogP contribution in [0.4, 0.5) is 21.0 Å². The molecule has 492 valence electrons. The second-order valence-corrected chi connectivity index (χ2v) is 24.7. The van der Waals surface area contributed by atoms with Crippen molar-refractivity contribution in [2.75, 3.05) is 69.5 Å². The van der Waals surface area contributed by atoms with Gasteiger partial charge in [0.25, 0.3) is 5.91 Å². The lowest BCUT2D eigenvalue weighted by Crippen LogP contribution is -2.63. The minimum atomic E-state index is -1.92. The van der Waals surface area contributed by atoms with Crippen molar-refractivity contribution in [3.8, 4) is 11.5 Å². The van der Waals surface area contributed by atoms with Crippen LogP contribution in [0.5, 0.6) is 11.5 Å². The first-order valence-electron chi connectivity index (χ1n) is 29.3. The van der Waals surface area contributed by atoms with Crippen LogP contribution in [-0.4, -0.2) is 183 Å². The fourth-order valence-electron chi connectivity index (χ4n) is 10.5. The van der Waals surface area contributed by atoms with Crippen LogP contribution in [0, 0.1) is 17.8 Å². The molecular weight excluding hydrogens is 1310 g/mol. The van der Waals surface area contributed by atoms with Gasteiger partial charge >= 0.3 is 24.1 Å². The minimum absolute atomic E-state index is 0.0107. The Balaban J connectivity index is 1.35. The number of allylic oxidation sites excluding steroid dienone is 3. The number of fused-ring (bicyclic) bond motifs is 5. The van der Waals surface area contributed by atoms with Gasteiger partial charge in [0, 0.05) is 62.5 Å². The Morgan fingerprint density at radius 1 is 0.989 bits per heavy atom. The lowest BCUT2D eigenvalue weighted by atomic mass is 9.83. The normalized spacial score (nSPS) is 24.2. The van der Waals surface area contributed by atoms with Crippen LogP contribution in [0.1, 0.15) is 102 Å². The number of carbonyl (C=O) groups excluding carboxylic acids is 9. The molecule has 0 aromatic heterocycles. The number of halogens is 3. The summed E-state index contributed by atoms with van der Waals surface area (Å²) in [6.45, 7) is 10.5. The van der Waals surface area contributed by atoms with Gasteiger partial charge in [0.2, 0.25) is 17.7 Å². The highest BCUT2D eigenvalue weighted by molar-refractivity contribution is 9.09. The summed E-state index contributed by atoms with van der Waals surface area (Å²) in [7, 11) is 7.04. The van der Waals surface area contributed by atoms with E-state index in [4.69, 9.17) is 50.5 Å². The van der Waals surface area contributed by atoms with E-state index in [-0.39, 0.29) is 72.2 Å². The lowest BCUT2D eigenvalue weighted by Gasteiger charge is -2.42. The molecule has 3 aliphatic heterocycles. The average molecular weight is 1400 g/mol. The Labute approximate surface area is 541 Å². The first-order valence-corrected chi connectivity index (χ1v) is 31.9. The topological polar surface area (TPSA) is 334 Å². The van der Waals surface area contributed by atoms with Crippen molar-refractivity contribution >= 4 is 109 Å². The first-order chi connectivity index (χ1) is 42.1. The molecule has 2 saturated heterocycles. The number of hydrogen-bond donors (Lipinski definition) is 7. The molecule has 11 atom stereocenters. The molecule has 2 fully saturated rings. The Bertz CT molecular complexity index is 2940. The Morgan fingerprint density at radius 3 is 2.31 bits per heavy atom. The fraction of sp³-hybridized carbons (Fsp3) is 0.590. The molecule has 2 aromatic carbocycles. The molecule has 1 unspecified atom stereocenters. The molecule has 5 rings (SSSR count). The second kappa shape index (κ2) is 33.6. The lowest BCUT2D eigenvalue weighted by molar-refractivity contribution is -0.158. The van der Waals surface area contributed by atoms with E-state index in [1.54, 1.807) is 52.0 Å². The van der Waals surface area contributed by atoms with Gasteiger partial charge < -0.3 is 74.5 Å². The molecule has 4 bridgehead atoms. The van der Waals surface area contributed by atoms with E-state index >= 15 is 0 Å². The molecule has 25 nitrogen and oxygen atoms in total. The highest BCUT2D eigenvalue weighted by Gasteiger charge is 2.64. The summed E-state index contributed by atoms with van der Waals surface area (Å²) in [6.07, 6.45) is 2.19. The maximum Gasteiger partial charge on any atom is 0.409 e. The van der Waals surface area contributed by atoms with Crippen LogP contribution in [0.15, 0.2) is 54.1 Å². The number of nitrogens with two attached hydrogens (primary N) is 1. The van der Waals surface area contributed by atoms with E-state index in [0.717, 1.165) is 16.0 Å². The van der Waals surface area contributed by atoms with Gasteiger partial charge in [0.1, 0.15) is 58.8 Å². The van der Waals surface area contributed by atoms with Crippen LogP contribution < -0.4 is 46.7 Å². The number of carbonyl (C=O) groups is 9. The Hall–Kier alpha value is -6.36. The zero-order chi connectivity index (χ0) is 66.1. The number of alkyl halides is 2. The molecule has 3 aliphatic rings. The molecular formula is C61H85Br2ClN8O17. The molecule has 2 aromatic rings. The third-order valence-corrected chi connectivity index (χ3v) is 18.1. The third-order valence-electron chi connectivity index (χ3n) is 16.1. The largest absolute Gasteiger partial charge is 0.496 e. The number of nitrogens with zero attached hydrogens (tertiary/aromatic N) is 2. The predicted octanol–water partition coefficient (Wildman–Crippen LogP) is 6.01. The van der Waals surface area contributed by atoms with Crippen LogP contribution in [0.25, 0.3) is 0 Å². The number of nitrogens with one attached hydrogen (secondary N) is 5. The number of esters is 2. The number of anilines is 2. The number of epoxide rings is 1. The molecule has 28 heteroatoms. The van der Waals surface area contributed by atoms with E-state index in [1.165, 1.54) is 65.4 Å². The predicted molar refractivity (Wildman–Crippen MR) is 338 cm³/mol. The van der Waals surface area contributed by atoms with Gasteiger partial charge in [-0.3, -0.25) is 34.6 Å². The number of benzene rings is 2. The SMILES string of the molecule is COc1cc(NC(=O)[C@H](CCCNC(N)=O)NC(=O)[C@@H](NC(C=O)CCCCOC(=O)C(CBr)CBr)C(C)C)ccc1C(=O)N(C)[C@@H](C)C(=O)O[C@H]1CC(=O)N(C)c2cc(cc(OC)c2Cl)C/C(C)=C/C=C/[C@@H](OC)[C@@]2(O)C[C@H](OC(=O)N2)[C@@H](C)[C@@H]2O[C@@]12C. The summed E-state index contributed by atoms with van der Waals surface area (Å²) >= 11 is 13.4. The number of aliphatic hydroxyl groups is 1. The van der Waals surface area contributed by atoms with E-state index in [9.17, 15) is 48.3 Å². The summed E-state index contributed by atoms with van der Waals surface area (Å²) < 4.78 is 40.6. The molecule has 8 N–H and O–H groups in total. The van der Waals surface area contributed by atoms with Crippen LogP contribution in [0.2, 0.25) is 5.02 Å². The summed E-state index contributed by atoms with van der Waals surface area (Å²) in [6, 6.07) is 2.72. The van der Waals surface area contributed by atoms with Crippen LogP contribution in [-0.2, 0) is 58.9 Å². The van der Waals surface area contributed by atoms with E-state index in [0.29, 0.717) is 54.1 Å². The van der Waals surface area contributed by atoms with E-state index < -0.39 is 114 Å². The van der Waals surface area contributed by atoms with Crippen molar-refractivity contribution in [2.24, 2.45) is 23.5 Å². The summed E-state index contributed by atoms with van der Waals surface area (Å²) in [4.78, 5) is 123. The van der Waals surface area contributed by atoms with Gasteiger partial charge in [-0.1, -0.05) is 88.0 Å². The average Bonchev–Trinajstić information content (AvgIpc) is 1.60. The number of likely N-dealkylation sites (N-methyl/N-ethyl adjacent to an activating group) is 1. The van der Waals surface area contributed by atoms with Gasteiger partial charge in [0.15, 0.2) is 5.72 Å². The molecule has 89 heavy (non-hydrogen) atoms.